The molecule has 1 fully saturated rings. The summed E-state index contributed by atoms with van der Waals surface area (Å²) in [5, 5.41) is 3.11. The van der Waals surface area contributed by atoms with Gasteiger partial charge in [-0.1, -0.05) is 48.5 Å². The van der Waals surface area contributed by atoms with Crippen molar-refractivity contribution in [1.82, 2.24) is 10.2 Å². The van der Waals surface area contributed by atoms with Crippen LogP contribution >= 0.6 is 11.6 Å². The molecule has 5 heteroatoms. The second kappa shape index (κ2) is 8.63. The number of nitrogens with one attached hydrogen (secondary N) is 1. The van der Waals surface area contributed by atoms with E-state index >= 15 is 0 Å². The lowest BCUT2D eigenvalue weighted by atomic mass is 9.98. The zero-order chi connectivity index (χ0) is 19.3. The second-order valence-electron chi connectivity index (χ2n) is 7.12. The molecule has 1 aliphatic rings. The number of amides is 1. The average molecular weight is 395 g/mol. The Kier molecular flexibility index (Phi) is 5.79. The zero-order valence-corrected chi connectivity index (χ0v) is 16.4. The van der Waals surface area contributed by atoms with Crippen LogP contribution in [0, 0.1) is 0 Å². The number of hydrogen-bond acceptors (Lipinski definition) is 3. The van der Waals surface area contributed by atoms with E-state index in [9.17, 15) is 4.79 Å². The Morgan fingerprint density at radius 2 is 1.75 bits per heavy atom. The topological polar surface area (TPSA) is 45.5 Å². The summed E-state index contributed by atoms with van der Waals surface area (Å²) >= 11 is 5.74. The minimum atomic E-state index is -0.275. The molecule has 1 amide bonds. The van der Waals surface area contributed by atoms with Crippen molar-refractivity contribution in [3.05, 3.63) is 82.8 Å². The van der Waals surface area contributed by atoms with Crippen molar-refractivity contribution in [1.29, 1.82) is 0 Å². The summed E-state index contributed by atoms with van der Waals surface area (Å²) in [6.45, 7) is 3.84. The summed E-state index contributed by atoms with van der Waals surface area (Å²) < 4.78 is 5.17. The number of likely N-dealkylation sites (tertiary alicyclic amines) is 1. The van der Waals surface area contributed by atoms with Crippen LogP contribution in [0.1, 0.15) is 34.5 Å². The van der Waals surface area contributed by atoms with E-state index in [1.807, 2.05) is 18.2 Å². The van der Waals surface area contributed by atoms with Crippen LogP contribution in [0.2, 0.25) is 5.22 Å². The maximum Gasteiger partial charge on any atom is 0.287 e. The highest BCUT2D eigenvalue weighted by Gasteiger charge is 2.13. The van der Waals surface area contributed by atoms with Crippen molar-refractivity contribution in [3.8, 4) is 11.1 Å². The molecule has 144 valence electrons. The SMILES string of the molecule is O=C(NCc1ccccc1-c1ccc(CN2CCCC2)cc1)c1ccc(Cl)o1. The Morgan fingerprint density at radius 1 is 1.00 bits per heavy atom. The minimum Gasteiger partial charge on any atom is -0.440 e. The van der Waals surface area contributed by atoms with Crippen LogP contribution in [-0.4, -0.2) is 23.9 Å². The predicted molar refractivity (Wildman–Crippen MR) is 111 cm³/mol. The van der Waals surface area contributed by atoms with E-state index < -0.39 is 0 Å². The molecule has 2 heterocycles. The Bertz CT molecular complexity index is 943. The maximum atomic E-state index is 12.2. The van der Waals surface area contributed by atoms with Crippen LogP contribution in [0.25, 0.3) is 11.1 Å². The molecule has 0 radical (unpaired) electrons. The number of nitrogens with zero attached hydrogens (tertiary/aromatic N) is 1. The number of benzene rings is 2. The standard InChI is InChI=1S/C23H23ClN2O2/c24-22-12-11-21(28-22)23(27)25-15-19-5-1-2-6-20(19)18-9-7-17(8-10-18)16-26-13-3-4-14-26/h1-2,5-12H,3-4,13-16H2,(H,25,27). The molecule has 28 heavy (non-hydrogen) atoms. The molecule has 4 nitrogen and oxygen atoms in total. The van der Waals surface area contributed by atoms with Gasteiger partial charge in [0, 0.05) is 13.1 Å². The zero-order valence-electron chi connectivity index (χ0n) is 15.7. The number of halogens is 1. The fourth-order valence-electron chi connectivity index (χ4n) is 3.64. The maximum absolute atomic E-state index is 12.2. The molecule has 1 saturated heterocycles. The first kappa shape index (κ1) is 18.8. The van der Waals surface area contributed by atoms with Gasteiger partial charge in [-0.25, -0.2) is 0 Å². The molecular weight excluding hydrogens is 372 g/mol. The van der Waals surface area contributed by atoms with Gasteiger partial charge in [-0.05, 0) is 71.9 Å². The Morgan fingerprint density at radius 3 is 2.46 bits per heavy atom. The number of carbonyl (C=O) groups excluding carboxylic acids is 1. The minimum absolute atomic E-state index is 0.208. The molecule has 4 rings (SSSR count). The van der Waals surface area contributed by atoms with Gasteiger partial charge in [0.1, 0.15) is 0 Å². The molecule has 0 aliphatic carbocycles. The summed E-state index contributed by atoms with van der Waals surface area (Å²) in [6, 6.07) is 20.0. The quantitative estimate of drug-likeness (QED) is 0.630. The first-order valence-electron chi connectivity index (χ1n) is 9.62. The van der Waals surface area contributed by atoms with Crippen molar-refractivity contribution in [2.45, 2.75) is 25.9 Å². The lowest BCUT2D eigenvalue weighted by Gasteiger charge is -2.15. The first-order chi connectivity index (χ1) is 13.7. The fraction of sp³-hybridized carbons (Fsp3) is 0.261. The van der Waals surface area contributed by atoms with Gasteiger partial charge < -0.3 is 9.73 Å². The molecule has 1 aromatic heterocycles. The summed E-state index contributed by atoms with van der Waals surface area (Å²) in [5.41, 5.74) is 4.66. The largest absolute Gasteiger partial charge is 0.440 e. The predicted octanol–water partition coefficient (Wildman–Crippen LogP) is 5.13. The van der Waals surface area contributed by atoms with Crippen LogP contribution in [0.15, 0.2) is 65.1 Å². The summed E-state index contributed by atoms with van der Waals surface area (Å²) in [6.07, 6.45) is 2.61. The average Bonchev–Trinajstić information content (AvgIpc) is 3.39. The van der Waals surface area contributed by atoms with Crippen molar-refractivity contribution < 1.29 is 9.21 Å². The van der Waals surface area contributed by atoms with E-state index in [4.69, 9.17) is 16.0 Å². The van der Waals surface area contributed by atoms with Gasteiger partial charge in [0.15, 0.2) is 11.0 Å². The third-order valence-electron chi connectivity index (χ3n) is 5.12. The van der Waals surface area contributed by atoms with Crippen LogP contribution in [0.4, 0.5) is 0 Å². The molecule has 0 saturated carbocycles. The molecule has 0 bridgehead atoms. The van der Waals surface area contributed by atoms with Crippen molar-refractivity contribution in [2.24, 2.45) is 0 Å². The molecule has 2 aromatic carbocycles. The van der Waals surface area contributed by atoms with Gasteiger partial charge in [-0.2, -0.15) is 0 Å². The number of carbonyl (C=O) groups is 1. The van der Waals surface area contributed by atoms with E-state index in [2.05, 4.69) is 40.5 Å². The molecule has 1 aliphatic heterocycles. The van der Waals surface area contributed by atoms with E-state index in [0.717, 1.165) is 23.2 Å². The molecule has 0 unspecified atom stereocenters. The van der Waals surface area contributed by atoms with Crippen LogP contribution in [0.5, 0.6) is 0 Å². The van der Waals surface area contributed by atoms with Gasteiger partial charge in [-0.3, -0.25) is 9.69 Å². The highest BCUT2D eigenvalue weighted by atomic mass is 35.5. The van der Waals surface area contributed by atoms with E-state index in [1.54, 1.807) is 12.1 Å². The van der Waals surface area contributed by atoms with Crippen LogP contribution < -0.4 is 5.32 Å². The first-order valence-corrected chi connectivity index (χ1v) is 10.00. The number of furan rings is 1. The molecule has 0 atom stereocenters. The van der Waals surface area contributed by atoms with Gasteiger partial charge in [0.25, 0.3) is 5.91 Å². The number of hydrogen-bond donors (Lipinski definition) is 1. The molecule has 3 aromatic rings. The van der Waals surface area contributed by atoms with Crippen LogP contribution in [-0.2, 0) is 13.1 Å². The molecule has 1 N–H and O–H groups in total. The van der Waals surface area contributed by atoms with Gasteiger partial charge in [0.05, 0.1) is 0 Å². The smallest absolute Gasteiger partial charge is 0.287 e. The summed E-state index contributed by atoms with van der Waals surface area (Å²) in [4.78, 5) is 14.7. The Hall–Kier alpha value is -2.56. The van der Waals surface area contributed by atoms with E-state index in [0.29, 0.717) is 6.54 Å². The van der Waals surface area contributed by atoms with E-state index in [-0.39, 0.29) is 16.9 Å². The van der Waals surface area contributed by atoms with Crippen LogP contribution in [0.3, 0.4) is 0 Å². The lowest BCUT2D eigenvalue weighted by Crippen LogP contribution is -2.22. The van der Waals surface area contributed by atoms with Crippen molar-refractivity contribution in [3.63, 3.8) is 0 Å². The third-order valence-corrected chi connectivity index (χ3v) is 5.33. The highest BCUT2D eigenvalue weighted by Crippen LogP contribution is 2.25. The van der Waals surface area contributed by atoms with Crippen molar-refractivity contribution in [2.75, 3.05) is 13.1 Å². The normalized spacial score (nSPS) is 14.3. The van der Waals surface area contributed by atoms with Gasteiger partial charge >= 0.3 is 0 Å². The second-order valence-corrected chi connectivity index (χ2v) is 7.50. The van der Waals surface area contributed by atoms with Gasteiger partial charge in [0.2, 0.25) is 0 Å². The molecular formula is C23H23ClN2O2. The van der Waals surface area contributed by atoms with E-state index in [1.165, 1.54) is 31.5 Å². The monoisotopic (exact) mass is 394 g/mol. The summed E-state index contributed by atoms with van der Waals surface area (Å²) in [7, 11) is 0. The fourth-order valence-corrected chi connectivity index (χ4v) is 3.79. The van der Waals surface area contributed by atoms with Crippen molar-refractivity contribution >= 4 is 17.5 Å². The lowest BCUT2D eigenvalue weighted by molar-refractivity contribution is 0.0923. The highest BCUT2D eigenvalue weighted by molar-refractivity contribution is 6.29. The van der Waals surface area contributed by atoms with Gasteiger partial charge in [-0.15, -0.1) is 0 Å². The Labute approximate surface area is 170 Å². The number of rotatable bonds is 6. The summed E-state index contributed by atoms with van der Waals surface area (Å²) in [5.74, 6) is -0.0589. The Balaban J connectivity index is 1.45. The molecule has 0 spiro atoms. The third kappa shape index (κ3) is 4.46.